The number of fused-ring (bicyclic) bond motifs is 1. The van der Waals surface area contributed by atoms with Gasteiger partial charge in [-0.05, 0) is 48.4 Å². The fourth-order valence-electron chi connectivity index (χ4n) is 3.54. The molecule has 4 rings (SSSR count). The van der Waals surface area contributed by atoms with Gasteiger partial charge in [0.1, 0.15) is 0 Å². The minimum atomic E-state index is -3.78. The largest absolute Gasteiger partial charge is 0.493 e. The van der Waals surface area contributed by atoms with E-state index in [9.17, 15) is 8.42 Å². The molecule has 7 nitrogen and oxygen atoms in total. The predicted octanol–water partition coefficient (Wildman–Crippen LogP) is 3.94. The monoisotopic (exact) mass is 435 g/mol. The van der Waals surface area contributed by atoms with E-state index >= 15 is 0 Å². The first-order valence-corrected chi connectivity index (χ1v) is 11.0. The number of hydrogen-bond donors (Lipinski definition) is 1. The summed E-state index contributed by atoms with van der Waals surface area (Å²) in [5.74, 6) is 1.23. The smallest absolute Gasteiger partial charge is 0.238 e. The average molecular weight is 436 g/mol. The molecular weight excluding hydrogens is 414 g/mol. The van der Waals surface area contributed by atoms with Crippen molar-refractivity contribution in [2.75, 3.05) is 14.2 Å². The third-order valence-electron chi connectivity index (χ3n) is 5.04. The number of ether oxygens (including phenoxy) is 2. The van der Waals surface area contributed by atoms with E-state index in [0.717, 1.165) is 22.2 Å². The Hall–Kier alpha value is -3.49. The second-order valence-electron chi connectivity index (χ2n) is 7.02. The van der Waals surface area contributed by atoms with Crippen LogP contribution in [0.2, 0.25) is 0 Å². The normalized spacial score (nSPS) is 11.5. The number of rotatable bonds is 5. The van der Waals surface area contributed by atoms with Gasteiger partial charge in [-0.2, -0.15) is 0 Å². The number of aromatic nitrogens is 2. The van der Waals surface area contributed by atoms with Crippen molar-refractivity contribution in [3.8, 4) is 33.9 Å². The van der Waals surface area contributed by atoms with E-state index in [-0.39, 0.29) is 4.90 Å². The van der Waals surface area contributed by atoms with E-state index in [2.05, 4.69) is 4.98 Å². The highest BCUT2D eigenvalue weighted by molar-refractivity contribution is 7.89. The molecule has 0 aliphatic carbocycles. The SMILES string of the molecule is COc1ccc(-c2cnc3cccc(-c4ccc(S(N)(=O)=O)c(C)c4)c3n2)cc1OC. The van der Waals surface area contributed by atoms with Gasteiger partial charge in [-0.1, -0.05) is 24.3 Å². The number of nitrogens with zero attached hydrogens (tertiary/aromatic N) is 2. The molecule has 2 N–H and O–H groups in total. The Morgan fingerprint density at radius 1 is 0.903 bits per heavy atom. The lowest BCUT2D eigenvalue weighted by Crippen LogP contribution is -2.13. The lowest BCUT2D eigenvalue weighted by molar-refractivity contribution is 0.355. The summed E-state index contributed by atoms with van der Waals surface area (Å²) in [6.45, 7) is 1.72. The van der Waals surface area contributed by atoms with Crippen LogP contribution in [0.4, 0.5) is 0 Å². The van der Waals surface area contributed by atoms with Crippen LogP contribution in [-0.4, -0.2) is 32.6 Å². The summed E-state index contributed by atoms with van der Waals surface area (Å²) in [7, 11) is -0.611. The predicted molar refractivity (Wildman–Crippen MR) is 120 cm³/mol. The van der Waals surface area contributed by atoms with Crippen LogP contribution in [0.5, 0.6) is 11.5 Å². The molecule has 8 heteroatoms. The first-order chi connectivity index (χ1) is 14.8. The van der Waals surface area contributed by atoms with Gasteiger partial charge in [-0.3, -0.25) is 4.98 Å². The van der Waals surface area contributed by atoms with Gasteiger partial charge < -0.3 is 9.47 Å². The number of methoxy groups -OCH3 is 2. The Balaban J connectivity index is 1.87. The van der Waals surface area contributed by atoms with Gasteiger partial charge in [0.2, 0.25) is 10.0 Å². The van der Waals surface area contributed by atoms with Crippen LogP contribution < -0.4 is 14.6 Å². The van der Waals surface area contributed by atoms with Crippen molar-refractivity contribution in [3.63, 3.8) is 0 Å². The number of para-hydroxylation sites is 1. The molecule has 0 aliphatic rings. The van der Waals surface area contributed by atoms with E-state index in [1.807, 2.05) is 36.4 Å². The molecule has 0 bridgehead atoms. The quantitative estimate of drug-likeness (QED) is 0.509. The Labute approximate surface area is 180 Å². The molecule has 0 unspecified atom stereocenters. The van der Waals surface area contributed by atoms with Crippen molar-refractivity contribution in [1.82, 2.24) is 9.97 Å². The van der Waals surface area contributed by atoms with E-state index in [0.29, 0.717) is 28.3 Å². The third kappa shape index (κ3) is 3.95. The number of sulfonamides is 1. The molecule has 0 radical (unpaired) electrons. The van der Waals surface area contributed by atoms with Gasteiger partial charge in [0.05, 0.1) is 42.0 Å². The lowest BCUT2D eigenvalue weighted by atomic mass is 10.0. The molecule has 0 atom stereocenters. The molecule has 3 aromatic carbocycles. The molecule has 0 aliphatic heterocycles. The summed E-state index contributed by atoms with van der Waals surface area (Å²) < 4.78 is 34.2. The van der Waals surface area contributed by atoms with Crippen molar-refractivity contribution in [1.29, 1.82) is 0 Å². The molecule has 0 spiro atoms. The number of hydrogen-bond acceptors (Lipinski definition) is 6. The average Bonchev–Trinajstić information content (AvgIpc) is 2.76. The molecule has 0 saturated heterocycles. The number of benzene rings is 3. The van der Waals surface area contributed by atoms with Crippen LogP contribution in [0.15, 0.2) is 65.7 Å². The van der Waals surface area contributed by atoms with Gasteiger partial charge in [-0.25, -0.2) is 18.5 Å². The van der Waals surface area contributed by atoms with Crippen LogP contribution in [-0.2, 0) is 10.0 Å². The van der Waals surface area contributed by atoms with Crippen molar-refractivity contribution in [3.05, 3.63) is 66.4 Å². The minimum Gasteiger partial charge on any atom is -0.493 e. The lowest BCUT2D eigenvalue weighted by Gasteiger charge is -2.12. The maximum atomic E-state index is 11.7. The molecule has 31 heavy (non-hydrogen) atoms. The molecule has 0 saturated carbocycles. The number of nitrogens with two attached hydrogens (primary N) is 1. The highest BCUT2D eigenvalue weighted by Crippen LogP contribution is 2.34. The Kier molecular flexibility index (Phi) is 5.34. The topological polar surface area (TPSA) is 104 Å². The summed E-state index contributed by atoms with van der Waals surface area (Å²) in [4.78, 5) is 9.53. The van der Waals surface area contributed by atoms with E-state index < -0.39 is 10.0 Å². The number of aryl methyl sites for hydroxylation is 1. The molecule has 0 amide bonds. The first-order valence-electron chi connectivity index (χ1n) is 9.44. The van der Waals surface area contributed by atoms with Gasteiger partial charge in [-0.15, -0.1) is 0 Å². The highest BCUT2D eigenvalue weighted by Gasteiger charge is 2.15. The summed E-state index contributed by atoms with van der Waals surface area (Å²) >= 11 is 0. The fourth-order valence-corrected chi connectivity index (χ4v) is 4.30. The van der Waals surface area contributed by atoms with Crippen LogP contribution in [0.1, 0.15) is 5.56 Å². The zero-order valence-corrected chi connectivity index (χ0v) is 18.1. The summed E-state index contributed by atoms with van der Waals surface area (Å²) in [6.07, 6.45) is 1.71. The summed E-state index contributed by atoms with van der Waals surface area (Å²) in [5.41, 5.74) is 5.19. The summed E-state index contributed by atoms with van der Waals surface area (Å²) in [5, 5.41) is 5.30. The van der Waals surface area contributed by atoms with E-state index in [4.69, 9.17) is 19.6 Å². The van der Waals surface area contributed by atoms with Crippen LogP contribution in [0, 0.1) is 6.92 Å². The molecule has 1 aromatic heterocycles. The van der Waals surface area contributed by atoms with Crippen LogP contribution in [0.25, 0.3) is 33.4 Å². The Bertz CT molecular complexity index is 1400. The number of primary sulfonamides is 1. The molecule has 4 aromatic rings. The highest BCUT2D eigenvalue weighted by atomic mass is 32.2. The second kappa shape index (κ2) is 7.98. The van der Waals surface area contributed by atoms with Crippen molar-refractivity contribution < 1.29 is 17.9 Å². The molecule has 1 heterocycles. The fraction of sp³-hybridized carbons (Fsp3) is 0.130. The first kappa shape index (κ1) is 20.8. The van der Waals surface area contributed by atoms with Crippen molar-refractivity contribution >= 4 is 21.1 Å². The Morgan fingerprint density at radius 2 is 1.65 bits per heavy atom. The van der Waals surface area contributed by atoms with Gasteiger partial charge in [0.25, 0.3) is 0 Å². The maximum absolute atomic E-state index is 11.7. The molecular formula is C23H21N3O4S. The molecule has 158 valence electrons. The minimum absolute atomic E-state index is 0.105. The zero-order chi connectivity index (χ0) is 22.2. The van der Waals surface area contributed by atoms with Crippen molar-refractivity contribution in [2.45, 2.75) is 11.8 Å². The van der Waals surface area contributed by atoms with Gasteiger partial charge in [0.15, 0.2) is 11.5 Å². The van der Waals surface area contributed by atoms with Crippen LogP contribution in [0.3, 0.4) is 0 Å². The third-order valence-corrected chi connectivity index (χ3v) is 6.12. The van der Waals surface area contributed by atoms with Crippen molar-refractivity contribution in [2.24, 2.45) is 5.14 Å². The van der Waals surface area contributed by atoms with Gasteiger partial charge in [0, 0.05) is 11.1 Å². The van der Waals surface area contributed by atoms with E-state index in [1.165, 1.54) is 6.07 Å². The van der Waals surface area contributed by atoms with E-state index in [1.54, 1.807) is 39.5 Å². The summed E-state index contributed by atoms with van der Waals surface area (Å²) in [6, 6.07) is 16.3. The second-order valence-corrected chi connectivity index (χ2v) is 8.55. The van der Waals surface area contributed by atoms with Gasteiger partial charge >= 0.3 is 0 Å². The van der Waals surface area contributed by atoms with Crippen LogP contribution >= 0.6 is 0 Å². The molecule has 0 fully saturated rings. The Morgan fingerprint density at radius 3 is 2.32 bits per heavy atom. The maximum Gasteiger partial charge on any atom is 0.238 e. The standard InChI is InChI=1S/C23H21N3O4S/c1-14-11-15(8-10-22(14)31(24,27)28)17-5-4-6-18-23(17)26-19(13-25-18)16-7-9-20(29-2)21(12-16)30-3/h4-13H,1-3H3,(H2,24,27,28). The zero-order valence-electron chi connectivity index (χ0n) is 17.3.